The van der Waals surface area contributed by atoms with Crippen LogP contribution in [-0.4, -0.2) is 15.8 Å². The van der Waals surface area contributed by atoms with Gasteiger partial charge < -0.3 is 4.42 Å². The third kappa shape index (κ3) is 1.85. The third-order valence-electron chi connectivity index (χ3n) is 1.76. The second-order valence-corrected chi connectivity index (χ2v) is 2.77. The van der Waals surface area contributed by atoms with Crippen molar-refractivity contribution in [1.29, 1.82) is 0 Å². The lowest BCUT2D eigenvalue weighted by Gasteiger charge is -1.95. The Morgan fingerprint density at radius 1 is 1.43 bits per heavy atom. The largest absolute Gasteiger partial charge is 0.469 e. The Bertz CT molecular complexity index is 409. The summed E-state index contributed by atoms with van der Waals surface area (Å²) in [6.07, 6.45) is 6.25. The molecule has 2 rings (SSSR count). The van der Waals surface area contributed by atoms with Crippen molar-refractivity contribution in [1.82, 2.24) is 9.97 Å². The molecule has 0 saturated heterocycles. The van der Waals surface area contributed by atoms with E-state index in [9.17, 15) is 4.79 Å². The first-order chi connectivity index (χ1) is 6.86. The summed E-state index contributed by atoms with van der Waals surface area (Å²) in [5.74, 6) is 0.550. The number of carbonyl (C=O) groups is 1. The van der Waals surface area contributed by atoms with E-state index in [4.69, 9.17) is 4.42 Å². The van der Waals surface area contributed by atoms with Crippen LogP contribution in [0.25, 0.3) is 0 Å². The topological polar surface area (TPSA) is 56.0 Å². The zero-order valence-corrected chi connectivity index (χ0v) is 7.38. The van der Waals surface area contributed by atoms with E-state index in [1.807, 2.05) is 0 Å². The molecule has 0 unspecified atom stereocenters. The highest BCUT2D eigenvalue weighted by atomic mass is 16.3. The van der Waals surface area contributed by atoms with Crippen LogP contribution >= 0.6 is 0 Å². The molecule has 4 nitrogen and oxygen atoms in total. The van der Waals surface area contributed by atoms with E-state index in [1.165, 1.54) is 18.6 Å². The molecule has 14 heavy (non-hydrogen) atoms. The standard InChI is InChI=1S/C10H8N2O2/c13-10(6-8-2-1-5-14-8)9-7-11-3-4-12-9/h1-5,7H,6H2. The van der Waals surface area contributed by atoms with Gasteiger partial charge >= 0.3 is 0 Å². The number of rotatable bonds is 3. The van der Waals surface area contributed by atoms with E-state index >= 15 is 0 Å². The van der Waals surface area contributed by atoms with E-state index in [2.05, 4.69) is 9.97 Å². The normalized spacial score (nSPS) is 10.0. The quantitative estimate of drug-likeness (QED) is 0.685. The first-order valence-corrected chi connectivity index (χ1v) is 4.18. The third-order valence-corrected chi connectivity index (χ3v) is 1.76. The summed E-state index contributed by atoms with van der Waals surface area (Å²) in [5.41, 5.74) is 0.365. The van der Waals surface area contributed by atoms with E-state index in [0.717, 1.165) is 0 Å². The fourth-order valence-corrected chi connectivity index (χ4v) is 1.11. The van der Waals surface area contributed by atoms with Gasteiger partial charge in [0.2, 0.25) is 0 Å². The van der Waals surface area contributed by atoms with Gasteiger partial charge in [0.05, 0.1) is 18.9 Å². The maximum absolute atomic E-state index is 11.5. The van der Waals surface area contributed by atoms with E-state index in [0.29, 0.717) is 11.5 Å². The van der Waals surface area contributed by atoms with Crippen LogP contribution in [0.2, 0.25) is 0 Å². The van der Waals surface area contributed by atoms with Crippen molar-refractivity contribution < 1.29 is 9.21 Å². The van der Waals surface area contributed by atoms with Crippen LogP contribution in [-0.2, 0) is 6.42 Å². The van der Waals surface area contributed by atoms with Gasteiger partial charge in [-0.05, 0) is 12.1 Å². The molecular weight excluding hydrogens is 180 g/mol. The number of aromatic nitrogens is 2. The zero-order chi connectivity index (χ0) is 9.80. The molecule has 2 aromatic rings. The van der Waals surface area contributed by atoms with Gasteiger partial charge in [-0.25, -0.2) is 4.98 Å². The van der Waals surface area contributed by atoms with E-state index in [1.54, 1.807) is 18.4 Å². The number of nitrogens with zero attached hydrogens (tertiary/aromatic N) is 2. The van der Waals surface area contributed by atoms with Crippen LogP contribution in [0.5, 0.6) is 0 Å². The number of hydrogen-bond acceptors (Lipinski definition) is 4. The average molecular weight is 188 g/mol. The van der Waals surface area contributed by atoms with Crippen LogP contribution in [0, 0.1) is 0 Å². The van der Waals surface area contributed by atoms with Gasteiger partial charge in [-0.15, -0.1) is 0 Å². The van der Waals surface area contributed by atoms with Crippen molar-refractivity contribution in [2.24, 2.45) is 0 Å². The summed E-state index contributed by atoms with van der Waals surface area (Å²) in [6, 6.07) is 3.51. The predicted molar refractivity (Wildman–Crippen MR) is 48.8 cm³/mol. The molecule has 0 aliphatic rings. The van der Waals surface area contributed by atoms with Gasteiger partial charge in [0, 0.05) is 12.4 Å². The Morgan fingerprint density at radius 3 is 3.00 bits per heavy atom. The lowest BCUT2D eigenvalue weighted by atomic mass is 10.2. The summed E-state index contributed by atoms with van der Waals surface area (Å²) in [5, 5.41) is 0. The van der Waals surface area contributed by atoms with Crippen molar-refractivity contribution in [3.63, 3.8) is 0 Å². The summed E-state index contributed by atoms with van der Waals surface area (Å²) in [7, 11) is 0. The second-order valence-electron chi connectivity index (χ2n) is 2.77. The van der Waals surface area contributed by atoms with Crippen LogP contribution in [0.15, 0.2) is 41.4 Å². The van der Waals surface area contributed by atoms with Crippen LogP contribution in [0.1, 0.15) is 16.2 Å². The second kappa shape index (κ2) is 3.83. The molecule has 0 fully saturated rings. The highest BCUT2D eigenvalue weighted by molar-refractivity contribution is 5.95. The Kier molecular flexibility index (Phi) is 2.36. The first kappa shape index (κ1) is 8.62. The van der Waals surface area contributed by atoms with E-state index in [-0.39, 0.29) is 12.2 Å². The molecule has 70 valence electrons. The molecule has 0 bridgehead atoms. The van der Waals surface area contributed by atoms with Gasteiger partial charge in [-0.2, -0.15) is 0 Å². The van der Waals surface area contributed by atoms with Crippen molar-refractivity contribution in [2.75, 3.05) is 0 Å². The minimum absolute atomic E-state index is 0.0898. The fourth-order valence-electron chi connectivity index (χ4n) is 1.11. The van der Waals surface area contributed by atoms with Gasteiger partial charge in [0.25, 0.3) is 0 Å². The summed E-state index contributed by atoms with van der Waals surface area (Å²) < 4.78 is 5.06. The van der Waals surface area contributed by atoms with Crippen molar-refractivity contribution >= 4 is 5.78 Å². The molecule has 4 heteroatoms. The Morgan fingerprint density at radius 2 is 2.36 bits per heavy atom. The molecule has 0 spiro atoms. The smallest absolute Gasteiger partial charge is 0.190 e. The maximum atomic E-state index is 11.5. The molecular formula is C10H8N2O2. The number of furan rings is 1. The Balaban J connectivity index is 2.11. The highest BCUT2D eigenvalue weighted by Gasteiger charge is 2.09. The first-order valence-electron chi connectivity index (χ1n) is 4.18. The van der Waals surface area contributed by atoms with Gasteiger partial charge in [0.15, 0.2) is 5.78 Å². The lowest BCUT2D eigenvalue weighted by Crippen LogP contribution is -2.05. The maximum Gasteiger partial charge on any atom is 0.190 e. The van der Waals surface area contributed by atoms with Crippen molar-refractivity contribution in [2.45, 2.75) is 6.42 Å². The minimum Gasteiger partial charge on any atom is -0.469 e. The number of hydrogen-bond donors (Lipinski definition) is 0. The average Bonchev–Trinajstić information content (AvgIpc) is 2.72. The summed E-state index contributed by atoms with van der Waals surface area (Å²) >= 11 is 0. The molecule has 0 radical (unpaired) electrons. The number of carbonyl (C=O) groups excluding carboxylic acids is 1. The lowest BCUT2D eigenvalue weighted by molar-refractivity contribution is 0.0982. The van der Waals surface area contributed by atoms with Gasteiger partial charge in [-0.3, -0.25) is 9.78 Å². The molecule has 2 heterocycles. The number of ketones is 1. The van der Waals surface area contributed by atoms with E-state index < -0.39 is 0 Å². The molecule has 2 aromatic heterocycles. The van der Waals surface area contributed by atoms with Gasteiger partial charge in [0.1, 0.15) is 11.5 Å². The summed E-state index contributed by atoms with van der Waals surface area (Å²) in [4.78, 5) is 19.3. The monoisotopic (exact) mass is 188 g/mol. The molecule has 0 amide bonds. The predicted octanol–water partition coefficient (Wildman–Crippen LogP) is 1.49. The van der Waals surface area contributed by atoms with Crippen molar-refractivity contribution in [3.8, 4) is 0 Å². The summed E-state index contributed by atoms with van der Waals surface area (Å²) in [6.45, 7) is 0. The van der Waals surface area contributed by atoms with Crippen molar-refractivity contribution in [3.05, 3.63) is 48.4 Å². The Labute approximate surface area is 80.6 Å². The highest BCUT2D eigenvalue weighted by Crippen LogP contribution is 2.04. The minimum atomic E-state index is -0.0898. The number of Topliss-reactive ketones (excluding diaryl/α,β-unsaturated/α-hetero) is 1. The molecule has 0 aliphatic carbocycles. The van der Waals surface area contributed by atoms with Crippen LogP contribution in [0.3, 0.4) is 0 Å². The molecule has 0 saturated carbocycles. The Hall–Kier alpha value is -1.97. The molecule has 0 aromatic carbocycles. The fraction of sp³-hybridized carbons (Fsp3) is 0.100. The van der Waals surface area contributed by atoms with Gasteiger partial charge in [-0.1, -0.05) is 0 Å². The van der Waals surface area contributed by atoms with Crippen LogP contribution < -0.4 is 0 Å². The van der Waals surface area contributed by atoms with Crippen LogP contribution in [0.4, 0.5) is 0 Å². The molecule has 0 N–H and O–H groups in total. The molecule has 0 atom stereocenters. The SMILES string of the molecule is O=C(Cc1ccco1)c1cnccn1. The zero-order valence-electron chi connectivity index (χ0n) is 7.38. The molecule has 0 aliphatic heterocycles.